The first kappa shape index (κ1) is 18.3. The van der Waals surface area contributed by atoms with Crippen LogP contribution in [0.1, 0.15) is 16.8 Å². The molecule has 134 valence electrons. The van der Waals surface area contributed by atoms with Gasteiger partial charge in [-0.3, -0.25) is 0 Å². The standard InChI is InChI=1S/C19H15F3N2OS/c1-13-10-17(25-16-8-3-2-4-9-16)24-18(23-13)26-12-14-6-5-7-15(11-14)19(20,21)22/h2-11H,12H2,1H3. The van der Waals surface area contributed by atoms with Gasteiger partial charge in [-0.25, -0.2) is 4.98 Å². The summed E-state index contributed by atoms with van der Waals surface area (Å²) in [7, 11) is 0. The molecule has 1 aromatic heterocycles. The summed E-state index contributed by atoms with van der Waals surface area (Å²) in [5.74, 6) is 1.38. The molecule has 0 saturated carbocycles. The molecule has 0 radical (unpaired) electrons. The van der Waals surface area contributed by atoms with Crippen LogP contribution in [0, 0.1) is 6.92 Å². The maximum Gasteiger partial charge on any atom is 0.416 e. The largest absolute Gasteiger partial charge is 0.439 e. The topological polar surface area (TPSA) is 35.0 Å². The third-order valence-electron chi connectivity index (χ3n) is 3.40. The van der Waals surface area contributed by atoms with Gasteiger partial charge in [0.05, 0.1) is 5.56 Å². The van der Waals surface area contributed by atoms with Crippen LogP contribution in [0.2, 0.25) is 0 Å². The predicted octanol–water partition coefficient (Wildman–Crippen LogP) is 5.89. The first-order chi connectivity index (χ1) is 12.4. The van der Waals surface area contributed by atoms with Crippen LogP contribution in [-0.4, -0.2) is 9.97 Å². The summed E-state index contributed by atoms with van der Waals surface area (Å²) in [6.45, 7) is 1.81. The fourth-order valence-corrected chi connectivity index (χ4v) is 3.06. The lowest BCUT2D eigenvalue weighted by atomic mass is 10.1. The quantitative estimate of drug-likeness (QED) is 0.411. The SMILES string of the molecule is Cc1cc(Oc2ccccc2)nc(SCc2cccc(C(F)(F)F)c2)n1. The fraction of sp³-hybridized carbons (Fsp3) is 0.158. The number of para-hydroxylation sites is 1. The number of hydrogen-bond acceptors (Lipinski definition) is 4. The molecule has 0 saturated heterocycles. The van der Waals surface area contributed by atoms with Crippen LogP contribution in [0.3, 0.4) is 0 Å². The molecule has 0 atom stereocenters. The normalized spacial score (nSPS) is 11.4. The lowest BCUT2D eigenvalue weighted by Gasteiger charge is -2.09. The lowest BCUT2D eigenvalue weighted by molar-refractivity contribution is -0.137. The van der Waals surface area contributed by atoms with Gasteiger partial charge in [-0.05, 0) is 30.7 Å². The van der Waals surface area contributed by atoms with Gasteiger partial charge >= 0.3 is 6.18 Å². The van der Waals surface area contributed by atoms with E-state index >= 15 is 0 Å². The summed E-state index contributed by atoms with van der Waals surface area (Å²) in [4.78, 5) is 8.63. The third-order valence-corrected chi connectivity index (χ3v) is 4.32. The molecule has 0 aliphatic rings. The second-order valence-electron chi connectivity index (χ2n) is 5.53. The monoisotopic (exact) mass is 376 g/mol. The Morgan fingerprint density at radius 1 is 0.962 bits per heavy atom. The first-order valence-corrected chi connectivity index (χ1v) is 8.76. The number of rotatable bonds is 5. The van der Waals surface area contributed by atoms with Crippen molar-refractivity contribution >= 4 is 11.8 Å². The summed E-state index contributed by atoms with van der Waals surface area (Å²) in [6.07, 6.45) is -4.35. The third kappa shape index (κ3) is 4.98. The number of aromatic nitrogens is 2. The zero-order valence-corrected chi connectivity index (χ0v) is 14.6. The van der Waals surface area contributed by atoms with E-state index in [1.54, 1.807) is 12.1 Å². The van der Waals surface area contributed by atoms with E-state index < -0.39 is 11.7 Å². The second-order valence-corrected chi connectivity index (χ2v) is 6.47. The fourth-order valence-electron chi connectivity index (χ4n) is 2.22. The Kier molecular flexibility index (Phi) is 5.46. The molecular formula is C19H15F3N2OS. The summed E-state index contributed by atoms with van der Waals surface area (Å²) in [5.41, 5.74) is 0.617. The Labute approximate surface area is 153 Å². The summed E-state index contributed by atoms with van der Waals surface area (Å²) >= 11 is 1.26. The Hall–Kier alpha value is -2.54. The van der Waals surface area contributed by atoms with Crippen molar-refractivity contribution in [1.82, 2.24) is 9.97 Å². The second kappa shape index (κ2) is 7.78. The first-order valence-electron chi connectivity index (χ1n) is 7.78. The maximum absolute atomic E-state index is 12.8. The molecule has 7 heteroatoms. The van der Waals surface area contributed by atoms with Gasteiger partial charge in [0.15, 0.2) is 5.16 Å². The van der Waals surface area contributed by atoms with Crippen molar-refractivity contribution in [1.29, 1.82) is 0 Å². The van der Waals surface area contributed by atoms with Gasteiger partial charge in [0.1, 0.15) is 5.75 Å². The molecule has 0 unspecified atom stereocenters. The molecule has 0 fully saturated rings. The lowest BCUT2D eigenvalue weighted by Crippen LogP contribution is -2.05. The number of nitrogens with zero attached hydrogens (tertiary/aromatic N) is 2. The van der Waals surface area contributed by atoms with Crippen molar-refractivity contribution in [2.45, 2.75) is 24.0 Å². The number of hydrogen-bond donors (Lipinski definition) is 0. The zero-order chi connectivity index (χ0) is 18.6. The highest BCUT2D eigenvalue weighted by molar-refractivity contribution is 7.98. The van der Waals surface area contributed by atoms with Gasteiger partial charge < -0.3 is 4.74 Å². The Bertz CT molecular complexity index is 885. The molecule has 26 heavy (non-hydrogen) atoms. The van der Waals surface area contributed by atoms with E-state index in [1.165, 1.54) is 17.8 Å². The minimum absolute atomic E-state index is 0.331. The Morgan fingerprint density at radius 2 is 1.73 bits per heavy atom. The van der Waals surface area contributed by atoms with Gasteiger partial charge in [0.25, 0.3) is 0 Å². The zero-order valence-electron chi connectivity index (χ0n) is 13.8. The van der Waals surface area contributed by atoms with Crippen LogP contribution in [0.25, 0.3) is 0 Å². The summed E-state index contributed by atoms with van der Waals surface area (Å²) in [6, 6.07) is 16.2. The summed E-state index contributed by atoms with van der Waals surface area (Å²) < 4.78 is 44.1. The van der Waals surface area contributed by atoms with Gasteiger partial charge in [-0.15, -0.1) is 0 Å². The molecule has 0 N–H and O–H groups in total. The number of halogens is 3. The van der Waals surface area contributed by atoms with E-state index in [9.17, 15) is 13.2 Å². The van der Waals surface area contributed by atoms with Crippen LogP contribution in [0.4, 0.5) is 13.2 Å². The predicted molar refractivity (Wildman–Crippen MR) is 94.3 cm³/mol. The van der Waals surface area contributed by atoms with Crippen molar-refractivity contribution in [3.05, 3.63) is 77.5 Å². The van der Waals surface area contributed by atoms with Crippen molar-refractivity contribution in [3.8, 4) is 11.6 Å². The smallest absolute Gasteiger partial charge is 0.416 e. The molecule has 3 aromatic rings. The molecular weight excluding hydrogens is 361 g/mol. The van der Waals surface area contributed by atoms with E-state index in [0.29, 0.717) is 28.1 Å². The van der Waals surface area contributed by atoms with E-state index in [4.69, 9.17) is 4.74 Å². The number of thioether (sulfide) groups is 1. The molecule has 1 heterocycles. The number of ether oxygens (including phenoxy) is 1. The highest BCUT2D eigenvalue weighted by Crippen LogP contribution is 2.31. The van der Waals surface area contributed by atoms with Crippen molar-refractivity contribution < 1.29 is 17.9 Å². The molecule has 3 rings (SSSR count). The molecule has 0 spiro atoms. The Morgan fingerprint density at radius 3 is 2.46 bits per heavy atom. The van der Waals surface area contributed by atoms with Crippen molar-refractivity contribution in [2.24, 2.45) is 0 Å². The maximum atomic E-state index is 12.8. The molecule has 3 nitrogen and oxygen atoms in total. The van der Waals surface area contributed by atoms with Gasteiger partial charge in [-0.1, -0.05) is 48.2 Å². The van der Waals surface area contributed by atoms with Crippen LogP contribution < -0.4 is 4.74 Å². The van der Waals surface area contributed by atoms with Crippen LogP contribution >= 0.6 is 11.8 Å². The van der Waals surface area contributed by atoms with E-state index in [1.807, 2.05) is 37.3 Å². The molecule has 0 aliphatic carbocycles. The molecule has 0 bridgehead atoms. The van der Waals surface area contributed by atoms with Crippen molar-refractivity contribution in [3.63, 3.8) is 0 Å². The van der Waals surface area contributed by atoms with E-state index in [0.717, 1.165) is 17.8 Å². The van der Waals surface area contributed by atoms with E-state index in [-0.39, 0.29) is 0 Å². The van der Waals surface area contributed by atoms with Crippen LogP contribution in [0.15, 0.2) is 65.8 Å². The van der Waals surface area contributed by atoms with Crippen LogP contribution in [0.5, 0.6) is 11.6 Å². The molecule has 0 aliphatic heterocycles. The minimum atomic E-state index is -4.35. The van der Waals surface area contributed by atoms with E-state index in [2.05, 4.69) is 9.97 Å². The average Bonchev–Trinajstić information content (AvgIpc) is 2.60. The molecule has 0 amide bonds. The minimum Gasteiger partial charge on any atom is -0.439 e. The van der Waals surface area contributed by atoms with Gasteiger partial charge in [0.2, 0.25) is 5.88 Å². The van der Waals surface area contributed by atoms with Gasteiger partial charge in [0, 0.05) is 17.5 Å². The van der Waals surface area contributed by atoms with Crippen molar-refractivity contribution in [2.75, 3.05) is 0 Å². The van der Waals surface area contributed by atoms with Gasteiger partial charge in [-0.2, -0.15) is 18.2 Å². The summed E-state index contributed by atoms with van der Waals surface area (Å²) in [5, 5.41) is 0.452. The number of benzene rings is 2. The average molecular weight is 376 g/mol. The Balaban J connectivity index is 1.72. The highest BCUT2D eigenvalue weighted by Gasteiger charge is 2.30. The van der Waals surface area contributed by atoms with Crippen LogP contribution in [-0.2, 0) is 11.9 Å². The number of alkyl halides is 3. The highest BCUT2D eigenvalue weighted by atomic mass is 32.2. The molecule has 2 aromatic carbocycles. The number of aryl methyl sites for hydroxylation is 1.